The van der Waals surface area contributed by atoms with E-state index in [9.17, 15) is 55.1 Å². The molecule has 1 atom stereocenters. The fraction of sp³-hybridized carbons (Fsp3) is 0.267. The predicted octanol–water partition coefficient (Wildman–Crippen LogP) is 3.59. The summed E-state index contributed by atoms with van der Waals surface area (Å²) in [7, 11) is 0. The lowest BCUT2D eigenvalue weighted by molar-refractivity contribution is -0.193. The molecule has 19 heteroatoms. The molecule has 4 amide bonds. The van der Waals surface area contributed by atoms with Crippen molar-refractivity contribution in [2.45, 2.75) is 38.3 Å². The zero-order valence-corrected chi connectivity index (χ0v) is 25.4. The van der Waals surface area contributed by atoms with Gasteiger partial charge in [-0.25, -0.2) is 4.79 Å². The number of anilines is 1. The minimum atomic E-state index is -5.77. The number of carbonyl (C=O) groups excluding carboxylic acids is 6. The van der Waals surface area contributed by atoms with Crippen LogP contribution in [0.15, 0.2) is 73.3 Å². The third kappa shape index (κ3) is 14.2. The quantitative estimate of drug-likeness (QED) is 0.125. The van der Waals surface area contributed by atoms with Crippen LogP contribution >= 0.6 is 0 Å². The van der Waals surface area contributed by atoms with Gasteiger partial charge in [0.25, 0.3) is 5.91 Å². The number of benzene rings is 1. The molecule has 0 fully saturated rings. The highest BCUT2D eigenvalue weighted by Gasteiger charge is 2.54. The molecule has 0 aliphatic carbocycles. The van der Waals surface area contributed by atoms with Crippen molar-refractivity contribution in [3.63, 3.8) is 0 Å². The predicted molar refractivity (Wildman–Crippen MR) is 157 cm³/mol. The Balaban J connectivity index is 0.000000591. The number of Topliss-reactive ketones (excluding diaryl/α,β-unsaturated/α-hetero) is 2. The molecule has 0 bridgehead atoms. The summed E-state index contributed by atoms with van der Waals surface area (Å²) in [6.07, 6.45) is -5.21. The van der Waals surface area contributed by atoms with Gasteiger partial charge in [-0.1, -0.05) is 12.1 Å². The highest BCUT2D eigenvalue weighted by molar-refractivity contribution is 6.41. The fourth-order valence-corrected chi connectivity index (χ4v) is 3.58. The molecular weight excluding hydrogens is 670 g/mol. The number of ketones is 2. The van der Waals surface area contributed by atoms with E-state index in [1.807, 2.05) is 0 Å². The Bertz CT molecular complexity index is 1580. The van der Waals surface area contributed by atoms with Gasteiger partial charge in [-0.3, -0.25) is 33.9 Å². The topological polar surface area (TPSA) is 186 Å². The van der Waals surface area contributed by atoms with Crippen LogP contribution in [0.1, 0.15) is 40.9 Å². The van der Waals surface area contributed by atoms with E-state index in [-0.39, 0.29) is 25.1 Å². The first-order valence-electron chi connectivity index (χ1n) is 13.9. The van der Waals surface area contributed by atoms with E-state index in [4.69, 9.17) is 4.74 Å². The highest BCUT2D eigenvalue weighted by Crippen LogP contribution is 2.24. The summed E-state index contributed by atoms with van der Waals surface area (Å²) in [5.41, 5.74) is 2.20. The van der Waals surface area contributed by atoms with Crippen LogP contribution in [0.25, 0.3) is 0 Å². The summed E-state index contributed by atoms with van der Waals surface area (Å²) in [5, 5.41) is 10.7. The number of nitrogens with zero attached hydrogens (tertiary/aromatic N) is 2. The van der Waals surface area contributed by atoms with Crippen molar-refractivity contribution in [1.29, 1.82) is 0 Å². The largest absolute Gasteiger partial charge is 0.466 e. The first kappa shape index (κ1) is 39.3. The lowest BCUT2D eigenvalue weighted by Gasteiger charge is -2.18. The van der Waals surface area contributed by atoms with Crippen molar-refractivity contribution in [3.05, 3.63) is 90.0 Å². The zero-order chi connectivity index (χ0) is 36.6. The number of ether oxygens (including phenoxy) is 1. The first-order valence-corrected chi connectivity index (χ1v) is 13.9. The number of amides is 4. The standard InChI is InChI=1S/C26H28N6O5.C4F6O2/c1-2-37-24(34)14-22(20-6-4-10-28-16-20)32-23(33)17-29-25(35)19-5-3-7-21(13-19)31-26(36)30-15-18-8-11-27-12-9-18;5-3(6,7)1(11)2(12)4(8,9)10/h3-13,16,22H,2,14-15,17H2,1H3,(H,29,35)(H,32,33)(H2,30,31,36);. The summed E-state index contributed by atoms with van der Waals surface area (Å²) in [6, 6.07) is 12.2. The van der Waals surface area contributed by atoms with E-state index >= 15 is 0 Å². The molecule has 0 radical (unpaired) electrons. The van der Waals surface area contributed by atoms with Gasteiger partial charge >= 0.3 is 35.9 Å². The molecule has 0 spiro atoms. The second-order valence-electron chi connectivity index (χ2n) is 9.50. The van der Waals surface area contributed by atoms with Crippen LogP contribution < -0.4 is 21.3 Å². The molecule has 49 heavy (non-hydrogen) atoms. The maximum atomic E-state index is 12.6. The number of halogens is 6. The molecule has 1 aromatic carbocycles. The van der Waals surface area contributed by atoms with Crippen molar-refractivity contribution >= 4 is 41.1 Å². The third-order valence-corrected chi connectivity index (χ3v) is 5.81. The van der Waals surface area contributed by atoms with Gasteiger partial charge in [0.15, 0.2) is 0 Å². The average molecular weight is 699 g/mol. The smallest absolute Gasteiger partial charge is 0.458 e. The van der Waals surface area contributed by atoms with E-state index in [1.165, 1.54) is 6.07 Å². The summed E-state index contributed by atoms with van der Waals surface area (Å²) in [5.74, 6) is -8.27. The Morgan fingerprint density at radius 1 is 0.816 bits per heavy atom. The maximum absolute atomic E-state index is 12.6. The van der Waals surface area contributed by atoms with Crippen molar-refractivity contribution in [1.82, 2.24) is 25.9 Å². The Hall–Kier alpha value is -5.88. The van der Waals surface area contributed by atoms with Gasteiger partial charge in [0.1, 0.15) is 0 Å². The number of nitrogens with one attached hydrogen (secondary N) is 4. The normalized spacial score (nSPS) is 11.5. The van der Waals surface area contributed by atoms with Gasteiger partial charge in [-0.2, -0.15) is 26.3 Å². The van der Waals surface area contributed by atoms with E-state index in [0.717, 1.165) is 5.56 Å². The van der Waals surface area contributed by atoms with Crippen molar-refractivity contribution in [2.24, 2.45) is 0 Å². The van der Waals surface area contributed by atoms with Crippen molar-refractivity contribution in [3.8, 4) is 0 Å². The number of urea groups is 1. The molecule has 2 heterocycles. The van der Waals surface area contributed by atoms with E-state index < -0.39 is 53.8 Å². The summed E-state index contributed by atoms with van der Waals surface area (Å²) >= 11 is 0. The van der Waals surface area contributed by atoms with Gasteiger partial charge in [0.05, 0.1) is 25.6 Å². The summed E-state index contributed by atoms with van der Waals surface area (Å²) in [4.78, 5) is 76.5. The number of aromatic nitrogens is 2. The molecule has 1 unspecified atom stereocenters. The van der Waals surface area contributed by atoms with E-state index in [1.54, 1.807) is 74.2 Å². The summed E-state index contributed by atoms with van der Waals surface area (Å²) < 4.78 is 71.9. The molecule has 0 saturated carbocycles. The van der Waals surface area contributed by atoms with Crippen LogP contribution in [0.5, 0.6) is 0 Å². The molecular formula is C30H28F6N6O7. The highest BCUT2D eigenvalue weighted by atomic mass is 19.4. The number of hydrogen-bond acceptors (Lipinski definition) is 9. The molecule has 0 aliphatic heterocycles. The third-order valence-electron chi connectivity index (χ3n) is 5.81. The fourth-order valence-electron chi connectivity index (χ4n) is 3.58. The number of carbonyl (C=O) groups is 6. The number of rotatable bonds is 12. The Labute approximate surface area is 273 Å². The van der Waals surface area contributed by atoms with Crippen LogP contribution in [-0.2, 0) is 30.5 Å². The Morgan fingerprint density at radius 3 is 2.04 bits per heavy atom. The van der Waals surface area contributed by atoms with Crippen LogP contribution in [0.4, 0.5) is 36.8 Å². The molecule has 2 aromatic heterocycles. The Morgan fingerprint density at radius 2 is 1.47 bits per heavy atom. The maximum Gasteiger partial charge on any atom is 0.458 e. The van der Waals surface area contributed by atoms with Crippen LogP contribution in [0.2, 0.25) is 0 Å². The second kappa shape index (κ2) is 18.5. The van der Waals surface area contributed by atoms with Gasteiger partial charge in [0, 0.05) is 42.6 Å². The molecule has 3 rings (SSSR count). The van der Waals surface area contributed by atoms with Gasteiger partial charge in [-0.05, 0) is 54.4 Å². The van der Waals surface area contributed by atoms with Gasteiger partial charge < -0.3 is 26.0 Å². The van der Waals surface area contributed by atoms with Crippen LogP contribution in [0, 0.1) is 0 Å². The van der Waals surface area contributed by atoms with Crippen molar-refractivity contribution in [2.75, 3.05) is 18.5 Å². The molecule has 13 nitrogen and oxygen atoms in total. The molecule has 3 aromatic rings. The number of esters is 1. The second-order valence-corrected chi connectivity index (χ2v) is 9.50. The number of pyridine rings is 2. The van der Waals surface area contributed by atoms with Gasteiger partial charge in [-0.15, -0.1) is 0 Å². The Kier molecular flexibility index (Phi) is 14.8. The number of alkyl halides is 6. The lowest BCUT2D eigenvalue weighted by atomic mass is 10.1. The molecule has 0 aliphatic rings. The van der Waals surface area contributed by atoms with E-state index in [0.29, 0.717) is 17.8 Å². The zero-order valence-electron chi connectivity index (χ0n) is 25.4. The summed E-state index contributed by atoms with van der Waals surface area (Å²) in [6.45, 7) is 1.93. The van der Waals surface area contributed by atoms with Crippen LogP contribution in [0.3, 0.4) is 0 Å². The first-order chi connectivity index (χ1) is 23.0. The van der Waals surface area contributed by atoms with E-state index in [2.05, 4.69) is 31.2 Å². The molecule has 0 saturated heterocycles. The molecule has 262 valence electrons. The average Bonchev–Trinajstić information content (AvgIpc) is 3.06. The minimum absolute atomic E-state index is 0.0733. The monoisotopic (exact) mass is 698 g/mol. The van der Waals surface area contributed by atoms with Gasteiger partial charge in [0.2, 0.25) is 5.91 Å². The van der Waals surface area contributed by atoms with Crippen LogP contribution in [-0.4, -0.2) is 70.9 Å². The molecule has 4 N–H and O–H groups in total. The number of hydrogen-bond donors (Lipinski definition) is 4. The lowest BCUT2D eigenvalue weighted by Crippen LogP contribution is -2.39. The minimum Gasteiger partial charge on any atom is -0.466 e. The SMILES string of the molecule is CCOC(=O)CC(NC(=O)CNC(=O)c1cccc(NC(=O)NCc2ccncc2)c1)c1cccnc1.O=C(C(=O)C(F)(F)F)C(F)(F)F. The van der Waals surface area contributed by atoms with Crippen molar-refractivity contribution < 1.29 is 59.8 Å².